The maximum absolute atomic E-state index is 12.3. The van der Waals surface area contributed by atoms with E-state index in [1.807, 2.05) is 32.9 Å². The molecule has 0 aliphatic rings. The van der Waals surface area contributed by atoms with E-state index in [-0.39, 0.29) is 17.9 Å². The molecule has 3 N–H and O–H groups in total. The van der Waals surface area contributed by atoms with Gasteiger partial charge in [-0.15, -0.1) is 0 Å². The van der Waals surface area contributed by atoms with E-state index < -0.39 is 0 Å². The van der Waals surface area contributed by atoms with Crippen molar-refractivity contribution in [2.75, 3.05) is 16.0 Å². The van der Waals surface area contributed by atoms with E-state index in [9.17, 15) is 9.59 Å². The number of hydrogen-bond donors (Lipinski definition) is 3. The van der Waals surface area contributed by atoms with Gasteiger partial charge in [-0.1, -0.05) is 6.07 Å². The van der Waals surface area contributed by atoms with E-state index in [1.165, 1.54) is 6.92 Å². The van der Waals surface area contributed by atoms with Crippen LogP contribution in [0.4, 0.5) is 17.1 Å². The van der Waals surface area contributed by atoms with Gasteiger partial charge in [-0.05, 0) is 68.3 Å². The van der Waals surface area contributed by atoms with Crippen LogP contribution in [0.2, 0.25) is 0 Å². The van der Waals surface area contributed by atoms with Crippen LogP contribution in [0.5, 0.6) is 0 Å². The quantitative estimate of drug-likeness (QED) is 0.785. The Morgan fingerprint density at radius 3 is 1.83 bits per heavy atom. The fourth-order valence-corrected chi connectivity index (χ4v) is 2.46. The highest BCUT2D eigenvalue weighted by atomic mass is 16.2. The lowest BCUT2D eigenvalue weighted by molar-refractivity contribution is -0.116. The molecule has 0 radical (unpaired) electrons. The Morgan fingerprint density at radius 2 is 1.33 bits per heavy atom. The number of anilines is 3. The Balaban J connectivity index is 1.97. The monoisotopic (exact) mass is 325 g/mol. The van der Waals surface area contributed by atoms with Gasteiger partial charge in [0.05, 0.1) is 0 Å². The van der Waals surface area contributed by atoms with Crippen LogP contribution in [0, 0.1) is 13.8 Å². The third-order valence-electron chi connectivity index (χ3n) is 3.47. The predicted octanol–water partition coefficient (Wildman–Crippen LogP) is 3.70. The van der Waals surface area contributed by atoms with E-state index in [4.69, 9.17) is 0 Å². The maximum Gasteiger partial charge on any atom is 0.246 e. The van der Waals surface area contributed by atoms with Gasteiger partial charge in [0.2, 0.25) is 11.8 Å². The van der Waals surface area contributed by atoms with Gasteiger partial charge in [-0.2, -0.15) is 0 Å². The summed E-state index contributed by atoms with van der Waals surface area (Å²) >= 11 is 0. The number of carbonyl (C=O) groups excluding carboxylic acids is 2. The Labute approximate surface area is 142 Å². The molecule has 0 aromatic heterocycles. The van der Waals surface area contributed by atoms with E-state index in [0.29, 0.717) is 11.4 Å². The first-order chi connectivity index (χ1) is 11.3. The van der Waals surface area contributed by atoms with Gasteiger partial charge < -0.3 is 16.0 Å². The molecule has 24 heavy (non-hydrogen) atoms. The highest BCUT2D eigenvalue weighted by Crippen LogP contribution is 2.16. The van der Waals surface area contributed by atoms with Crippen molar-refractivity contribution >= 4 is 28.9 Å². The molecule has 2 rings (SSSR count). The van der Waals surface area contributed by atoms with Gasteiger partial charge in [-0.3, -0.25) is 9.59 Å². The van der Waals surface area contributed by atoms with Crippen molar-refractivity contribution in [1.29, 1.82) is 0 Å². The van der Waals surface area contributed by atoms with Crippen molar-refractivity contribution in [3.63, 3.8) is 0 Å². The number of amides is 2. The van der Waals surface area contributed by atoms with Crippen molar-refractivity contribution in [2.45, 2.75) is 33.7 Å². The first-order valence-electron chi connectivity index (χ1n) is 7.87. The molecule has 1 atom stereocenters. The molecular weight excluding hydrogens is 302 g/mol. The first kappa shape index (κ1) is 17.5. The van der Waals surface area contributed by atoms with Crippen LogP contribution in [0.25, 0.3) is 0 Å². The molecule has 0 saturated heterocycles. The van der Waals surface area contributed by atoms with Crippen LogP contribution >= 0.6 is 0 Å². The zero-order valence-electron chi connectivity index (χ0n) is 14.4. The van der Waals surface area contributed by atoms with Gasteiger partial charge >= 0.3 is 0 Å². The molecule has 5 nitrogen and oxygen atoms in total. The summed E-state index contributed by atoms with van der Waals surface area (Å²) in [6, 6.07) is 12.8. The normalized spacial score (nSPS) is 11.5. The zero-order valence-corrected chi connectivity index (χ0v) is 14.4. The average molecular weight is 325 g/mol. The number of hydrogen-bond acceptors (Lipinski definition) is 3. The molecule has 2 amide bonds. The first-order valence-corrected chi connectivity index (χ1v) is 7.87. The second-order valence-corrected chi connectivity index (χ2v) is 5.99. The van der Waals surface area contributed by atoms with Crippen LogP contribution in [0.1, 0.15) is 25.0 Å². The van der Waals surface area contributed by atoms with Gasteiger partial charge in [0.1, 0.15) is 6.04 Å². The molecule has 5 heteroatoms. The van der Waals surface area contributed by atoms with Gasteiger partial charge in [0.25, 0.3) is 0 Å². The molecule has 0 aliphatic heterocycles. The van der Waals surface area contributed by atoms with E-state index in [2.05, 4.69) is 22.0 Å². The molecule has 2 aromatic carbocycles. The largest absolute Gasteiger partial charge is 0.374 e. The molecule has 0 unspecified atom stereocenters. The summed E-state index contributed by atoms with van der Waals surface area (Å²) in [6.07, 6.45) is 0. The minimum absolute atomic E-state index is 0.124. The van der Waals surface area contributed by atoms with Crippen molar-refractivity contribution < 1.29 is 9.59 Å². The third-order valence-corrected chi connectivity index (χ3v) is 3.47. The third kappa shape index (κ3) is 5.12. The summed E-state index contributed by atoms with van der Waals surface area (Å²) < 4.78 is 0. The van der Waals surface area contributed by atoms with Gasteiger partial charge in [0.15, 0.2) is 0 Å². The fraction of sp³-hybridized carbons (Fsp3) is 0.263. The smallest absolute Gasteiger partial charge is 0.246 e. The SMILES string of the molecule is CC(=O)Nc1ccc(NC(=O)[C@@H](C)Nc2cc(C)cc(C)c2)cc1. The maximum atomic E-state index is 12.3. The number of aryl methyl sites for hydroxylation is 2. The second-order valence-electron chi connectivity index (χ2n) is 5.99. The van der Waals surface area contributed by atoms with Crippen molar-refractivity contribution in [3.8, 4) is 0 Å². The molecular formula is C19H23N3O2. The van der Waals surface area contributed by atoms with Crippen LogP contribution in [-0.4, -0.2) is 17.9 Å². The minimum atomic E-state index is -0.374. The van der Waals surface area contributed by atoms with Crippen LogP contribution < -0.4 is 16.0 Å². The standard InChI is InChI=1S/C19H23N3O2/c1-12-9-13(2)11-18(10-12)20-14(3)19(24)22-17-7-5-16(6-8-17)21-15(4)23/h5-11,14,20H,1-4H3,(H,21,23)(H,22,24)/t14-/m1/s1. The summed E-state index contributed by atoms with van der Waals surface area (Å²) in [7, 11) is 0. The Bertz CT molecular complexity index is 719. The van der Waals surface area contributed by atoms with Gasteiger partial charge in [-0.25, -0.2) is 0 Å². The lowest BCUT2D eigenvalue weighted by Gasteiger charge is -2.16. The van der Waals surface area contributed by atoms with Crippen LogP contribution in [0.15, 0.2) is 42.5 Å². The number of carbonyl (C=O) groups is 2. The summed E-state index contributed by atoms with van der Waals surface area (Å²) in [5.74, 6) is -0.250. The Morgan fingerprint density at radius 1 is 0.833 bits per heavy atom. The lowest BCUT2D eigenvalue weighted by Crippen LogP contribution is -2.31. The average Bonchev–Trinajstić information content (AvgIpc) is 2.47. The molecule has 0 spiro atoms. The summed E-state index contributed by atoms with van der Waals surface area (Å²) in [6.45, 7) is 7.33. The van der Waals surface area contributed by atoms with Crippen LogP contribution in [-0.2, 0) is 9.59 Å². The molecule has 0 heterocycles. The van der Waals surface area contributed by atoms with E-state index >= 15 is 0 Å². The second kappa shape index (κ2) is 7.64. The summed E-state index contributed by atoms with van der Waals surface area (Å²) in [5, 5.41) is 8.76. The minimum Gasteiger partial charge on any atom is -0.374 e. The van der Waals surface area contributed by atoms with Gasteiger partial charge in [0, 0.05) is 24.0 Å². The Kier molecular flexibility index (Phi) is 5.58. The topological polar surface area (TPSA) is 70.2 Å². The molecule has 0 bridgehead atoms. The zero-order chi connectivity index (χ0) is 17.7. The number of rotatable bonds is 5. The highest BCUT2D eigenvalue weighted by molar-refractivity contribution is 5.96. The summed E-state index contributed by atoms with van der Waals surface area (Å²) in [5.41, 5.74) is 4.61. The molecule has 0 fully saturated rings. The van der Waals surface area contributed by atoms with E-state index in [1.54, 1.807) is 24.3 Å². The fourth-order valence-electron chi connectivity index (χ4n) is 2.46. The number of benzene rings is 2. The van der Waals surface area contributed by atoms with E-state index in [0.717, 1.165) is 16.8 Å². The Hall–Kier alpha value is -2.82. The summed E-state index contributed by atoms with van der Waals surface area (Å²) in [4.78, 5) is 23.3. The molecule has 2 aromatic rings. The number of nitrogens with one attached hydrogen (secondary N) is 3. The lowest BCUT2D eigenvalue weighted by atomic mass is 10.1. The van der Waals surface area contributed by atoms with Crippen molar-refractivity contribution in [3.05, 3.63) is 53.6 Å². The molecule has 126 valence electrons. The predicted molar refractivity (Wildman–Crippen MR) is 98.4 cm³/mol. The van der Waals surface area contributed by atoms with Crippen molar-refractivity contribution in [1.82, 2.24) is 0 Å². The highest BCUT2D eigenvalue weighted by Gasteiger charge is 2.13. The van der Waals surface area contributed by atoms with Crippen molar-refractivity contribution in [2.24, 2.45) is 0 Å². The molecule has 0 aliphatic carbocycles. The van der Waals surface area contributed by atoms with Crippen LogP contribution in [0.3, 0.4) is 0 Å². The molecule has 0 saturated carbocycles.